The van der Waals surface area contributed by atoms with Crippen molar-refractivity contribution in [2.45, 2.75) is 13.0 Å². The first-order valence-electron chi connectivity index (χ1n) is 11.5. The van der Waals surface area contributed by atoms with Gasteiger partial charge < -0.3 is 14.9 Å². The van der Waals surface area contributed by atoms with Gasteiger partial charge in [-0.1, -0.05) is 41.0 Å². The Morgan fingerprint density at radius 2 is 1.61 bits per heavy atom. The minimum absolute atomic E-state index is 0.119. The van der Waals surface area contributed by atoms with Gasteiger partial charge in [-0.2, -0.15) is 0 Å². The Morgan fingerprint density at radius 3 is 2.29 bits per heavy atom. The quantitative estimate of drug-likeness (QED) is 0.245. The molecule has 0 radical (unpaired) electrons. The molecule has 1 heterocycles. The van der Waals surface area contributed by atoms with Crippen LogP contribution < -0.4 is 5.32 Å². The zero-order chi connectivity index (χ0) is 26.8. The van der Waals surface area contributed by atoms with E-state index < -0.39 is 23.5 Å². The maximum absolute atomic E-state index is 14.0. The first-order valence-corrected chi connectivity index (χ1v) is 11.9. The van der Waals surface area contributed by atoms with Crippen LogP contribution in [0.4, 0.5) is 8.78 Å². The summed E-state index contributed by atoms with van der Waals surface area (Å²) in [4.78, 5) is 24.5. The van der Waals surface area contributed by atoms with Crippen molar-refractivity contribution in [3.8, 4) is 11.1 Å². The molecule has 38 heavy (non-hydrogen) atoms. The van der Waals surface area contributed by atoms with E-state index in [-0.39, 0.29) is 23.2 Å². The van der Waals surface area contributed by atoms with Crippen LogP contribution in [0.5, 0.6) is 0 Å². The van der Waals surface area contributed by atoms with Crippen LogP contribution in [-0.4, -0.2) is 22.1 Å². The van der Waals surface area contributed by atoms with E-state index >= 15 is 0 Å². The summed E-state index contributed by atoms with van der Waals surface area (Å²) < 4.78 is 33.5. The van der Waals surface area contributed by atoms with E-state index in [1.54, 1.807) is 36.4 Å². The second-order valence-electron chi connectivity index (χ2n) is 8.67. The van der Waals surface area contributed by atoms with Crippen molar-refractivity contribution in [2.75, 3.05) is 0 Å². The van der Waals surface area contributed by atoms with E-state index in [0.29, 0.717) is 39.2 Å². The largest absolute Gasteiger partial charge is 0.478 e. The third-order valence-electron chi connectivity index (χ3n) is 6.00. The van der Waals surface area contributed by atoms with Gasteiger partial charge in [0, 0.05) is 24.1 Å². The number of aromatic carboxylic acids is 1. The average Bonchev–Trinajstić information content (AvgIpc) is 3.29. The summed E-state index contributed by atoms with van der Waals surface area (Å²) in [5.41, 5.74) is 2.84. The molecule has 0 saturated heterocycles. The molecular weight excluding hydrogens is 514 g/mol. The van der Waals surface area contributed by atoms with Crippen LogP contribution in [0.2, 0.25) is 5.02 Å². The molecular formula is C29H19ClF2N2O4. The fraction of sp³-hybridized carbons (Fsp3) is 0.0690. The molecule has 1 aromatic heterocycles. The normalized spacial score (nSPS) is 11.0. The lowest BCUT2D eigenvalue weighted by Gasteiger charge is -2.10. The summed E-state index contributed by atoms with van der Waals surface area (Å²) in [5, 5.41) is 17.0. The standard InChI is InChI=1S/C29H19ClF2N2O4/c30-21-3-1-2-17(8-21)9-26-27-24(28(35)33-15-16-4-6-18(7-5-16)29(36)37)12-20(13-25(27)34-38-26)19-10-22(31)14-23(32)11-19/h1-8,10-14H,9,15H2,(H,33,35)(H,36,37). The highest BCUT2D eigenvalue weighted by atomic mass is 35.5. The van der Waals surface area contributed by atoms with Crippen molar-refractivity contribution < 1.29 is 28.0 Å². The van der Waals surface area contributed by atoms with Gasteiger partial charge in [0.25, 0.3) is 5.91 Å². The highest BCUT2D eigenvalue weighted by Gasteiger charge is 2.21. The summed E-state index contributed by atoms with van der Waals surface area (Å²) >= 11 is 6.12. The average molecular weight is 533 g/mol. The molecule has 0 aliphatic carbocycles. The number of nitrogens with zero attached hydrogens (tertiary/aromatic N) is 1. The highest BCUT2D eigenvalue weighted by molar-refractivity contribution is 6.30. The fourth-order valence-corrected chi connectivity index (χ4v) is 4.42. The number of benzene rings is 4. The van der Waals surface area contributed by atoms with Crippen LogP contribution in [0.3, 0.4) is 0 Å². The number of hydrogen-bond acceptors (Lipinski definition) is 4. The summed E-state index contributed by atoms with van der Waals surface area (Å²) in [5.74, 6) is -2.59. The van der Waals surface area contributed by atoms with E-state index in [1.807, 2.05) is 6.07 Å². The first-order chi connectivity index (χ1) is 18.3. The molecule has 5 rings (SSSR count). The predicted octanol–water partition coefficient (Wildman–Crippen LogP) is 6.65. The van der Waals surface area contributed by atoms with Crippen molar-refractivity contribution in [3.05, 3.63) is 124 Å². The lowest BCUT2D eigenvalue weighted by molar-refractivity contribution is 0.0696. The Balaban J connectivity index is 1.54. The van der Waals surface area contributed by atoms with Crippen molar-refractivity contribution in [2.24, 2.45) is 0 Å². The van der Waals surface area contributed by atoms with Crippen LogP contribution in [0.15, 0.2) is 83.4 Å². The molecule has 0 aliphatic heterocycles. The van der Waals surface area contributed by atoms with Gasteiger partial charge in [0.05, 0.1) is 16.5 Å². The second kappa shape index (κ2) is 10.4. The van der Waals surface area contributed by atoms with Crippen LogP contribution >= 0.6 is 11.6 Å². The number of aromatic nitrogens is 1. The number of amides is 1. The third-order valence-corrected chi connectivity index (χ3v) is 6.23. The topological polar surface area (TPSA) is 92.4 Å². The Hall–Kier alpha value is -4.56. The lowest BCUT2D eigenvalue weighted by Crippen LogP contribution is -2.23. The number of carboxylic acids is 1. The second-order valence-corrected chi connectivity index (χ2v) is 9.11. The van der Waals surface area contributed by atoms with Gasteiger partial charge in [-0.15, -0.1) is 0 Å². The Labute approximate surface area is 220 Å². The molecule has 0 aliphatic rings. The van der Waals surface area contributed by atoms with Gasteiger partial charge in [0.1, 0.15) is 22.9 Å². The summed E-state index contributed by atoms with van der Waals surface area (Å²) in [6, 6.07) is 19.6. The molecule has 0 unspecified atom stereocenters. The third kappa shape index (κ3) is 5.40. The van der Waals surface area contributed by atoms with Crippen LogP contribution in [0.1, 0.15) is 37.6 Å². The molecule has 5 aromatic rings. The number of rotatable bonds is 7. The van der Waals surface area contributed by atoms with Crippen molar-refractivity contribution in [3.63, 3.8) is 0 Å². The number of carboxylic acid groups (broad SMARTS) is 1. The molecule has 0 fully saturated rings. The van der Waals surface area contributed by atoms with E-state index in [2.05, 4.69) is 10.5 Å². The molecule has 6 nitrogen and oxygen atoms in total. The van der Waals surface area contributed by atoms with Gasteiger partial charge >= 0.3 is 5.97 Å². The van der Waals surface area contributed by atoms with Crippen molar-refractivity contribution in [1.82, 2.24) is 10.5 Å². The molecule has 0 bridgehead atoms. The Bertz CT molecular complexity index is 1660. The summed E-state index contributed by atoms with van der Waals surface area (Å²) in [6.45, 7) is 0.119. The highest BCUT2D eigenvalue weighted by Crippen LogP contribution is 2.32. The maximum Gasteiger partial charge on any atom is 0.335 e. The molecule has 0 atom stereocenters. The summed E-state index contributed by atoms with van der Waals surface area (Å²) in [6.07, 6.45) is 0.307. The molecule has 190 valence electrons. The number of nitrogens with one attached hydrogen (secondary N) is 1. The Kier molecular flexibility index (Phi) is 6.89. The zero-order valence-electron chi connectivity index (χ0n) is 19.7. The van der Waals surface area contributed by atoms with Gasteiger partial charge in [-0.3, -0.25) is 4.79 Å². The predicted molar refractivity (Wildman–Crippen MR) is 138 cm³/mol. The van der Waals surface area contributed by atoms with Crippen LogP contribution in [0.25, 0.3) is 22.0 Å². The van der Waals surface area contributed by atoms with E-state index in [0.717, 1.165) is 11.6 Å². The van der Waals surface area contributed by atoms with Crippen LogP contribution in [-0.2, 0) is 13.0 Å². The summed E-state index contributed by atoms with van der Waals surface area (Å²) in [7, 11) is 0. The van der Waals surface area contributed by atoms with Crippen LogP contribution in [0, 0.1) is 11.6 Å². The van der Waals surface area contributed by atoms with E-state index in [1.165, 1.54) is 30.3 Å². The number of hydrogen-bond donors (Lipinski definition) is 2. The van der Waals surface area contributed by atoms with Gasteiger partial charge in [0.15, 0.2) is 0 Å². The number of carbonyl (C=O) groups excluding carboxylic acids is 1. The Morgan fingerprint density at radius 1 is 0.895 bits per heavy atom. The minimum atomic E-state index is -1.05. The SMILES string of the molecule is O=C(O)c1ccc(CNC(=O)c2cc(-c3cc(F)cc(F)c3)cc3noc(Cc4cccc(Cl)c4)c23)cc1. The minimum Gasteiger partial charge on any atom is -0.478 e. The van der Waals surface area contributed by atoms with Gasteiger partial charge in [-0.25, -0.2) is 13.6 Å². The number of halogens is 3. The smallest absolute Gasteiger partial charge is 0.335 e. The number of fused-ring (bicyclic) bond motifs is 1. The molecule has 2 N–H and O–H groups in total. The zero-order valence-corrected chi connectivity index (χ0v) is 20.4. The molecule has 4 aromatic carbocycles. The molecule has 0 spiro atoms. The van der Waals surface area contributed by atoms with Crippen molar-refractivity contribution in [1.29, 1.82) is 0 Å². The number of carbonyl (C=O) groups is 2. The van der Waals surface area contributed by atoms with Crippen molar-refractivity contribution >= 4 is 34.4 Å². The molecule has 1 amide bonds. The van der Waals surface area contributed by atoms with E-state index in [4.69, 9.17) is 21.2 Å². The first kappa shape index (κ1) is 25.1. The van der Waals surface area contributed by atoms with Gasteiger partial charge in [-0.05, 0) is 70.8 Å². The maximum atomic E-state index is 14.0. The molecule has 9 heteroatoms. The van der Waals surface area contributed by atoms with Gasteiger partial charge in [0.2, 0.25) is 0 Å². The molecule has 0 saturated carbocycles. The lowest BCUT2D eigenvalue weighted by atomic mass is 9.97. The van der Waals surface area contributed by atoms with E-state index in [9.17, 15) is 18.4 Å². The fourth-order valence-electron chi connectivity index (χ4n) is 4.20. The monoisotopic (exact) mass is 532 g/mol.